The van der Waals surface area contributed by atoms with E-state index in [0.29, 0.717) is 47.6 Å². The zero-order valence-electron chi connectivity index (χ0n) is 17.0. The first-order chi connectivity index (χ1) is 14.0. The van der Waals surface area contributed by atoms with Crippen molar-refractivity contribution in [2.45, 2.75) is 44.7 Å². The number of aryl methyl sites for hydroxylation is 2. The lowest BCUT2D eigenvalue weighted by Gasteiger charge is -2.54. The van der Waals surface area contributed by atoms with Crippen LogP contribution in [0.5, 0.6) is 0 Å². The Hall–Kier alpha value is -2.48. The average molecular weight is 396 g/mol. The molecule has 3 aliphatic heterocycles. The lowest BCUT2D eigenvalue weighted by atomic mass is 9.72. The van der Waals surface area contributed by atoms with E-state index in [1.807, 2.05) is 18.5 Å². The third kappa shape index (κ3) is 3.01. The van der Waals surface area contributed by atoms with Gasteiger partial charge in [0.2, 0.25) is 5.91 Å². The van der Waals surface area contributed by atoms with E-state index in [1.165, 1.54) is 0 Å². The summed E-state index contributed by atoms with van der Waals surface area (Å²) in [4.78, 5) is 36.8. The normalized spacial score (nSPS) is 29.0. The number of imidazole rings is 1. The molecule has 3 aliphatic rings. The molecule has 8 heteroatoms. The maximum absolute atomic E-state index is 13.0. The van der Waals surface area contributed by atoms with Gasteiger partial charge in [-0.15, -0.1) is 0 Å². The van der Waals surface area contributed by atoms with E-state index in [2.05, 4.69) is 25.5 Å². The summed E-state index contributed by atoms with van der Waals surface area (Å²) in [7, 11) is 1.90. The fraction of sp³-hybridized carbons (Fsp3) is 0.619. The first-order valence-corrected chi connectivity index (χ1v) is 10.6. The highest BCUT2D eigenvalue weighted by Crippen LogP contribution is 2.39. The van der Waals surface area contributed by atoms with Crippen LogP contribution in [0.15, 0.2) is 12.3 Å². The standard InChI is InChI=1S/C21H28N6O2/c1-12-25-19-15(6-7-23-20(19)26(12)2)21(29)24-11-17-14-8-13(9-22-10-14)16-4-3-5-18(28)27(16)17/h6-7,13-14,16-17,22H,3-5,8-11H2,1-2H3,(H,24,29)/t13-,14+,16+,17+/m1/s1. The van der Waals surface area contributed by atoms with E-state index in [9.17, 15) is 9.59 Å². The van der Waals surface area contributed by atoms with Crippen molar-refractivity contribution in [3.8, 4) is 0 Å². The molecule has 5 rings (SSSR count). The van der Waals surface area contributed by atoms with Crippen molar-refractivity contribution in [2.24, 2.45) is 18.9 Å². The predicted molar refractivity (Wildman–Crippen MR) is 108 cm³/mol. The summed E-state index contributed by atoms with van der Waals surface area (Å²) in [5, 5.41) is 6.65. The Balaban J connectivity index is 1.38. The van der Waals surface area contributed by atoms with Gasteiger partial charge in [0.1, 0.15) is 11.3 Å². The van der Waals surface area contributed by atoms with Crippen molar-refractivity contribution in [3.63, 3.8) is 0 Å². The Labute approximate surface area is 170 Å². The van der Waals surface area contributed by atoms with E-state index < -0.39 is 0 Å². The van der Waals surface area contributed by atoms with Gasteiger partial charge >= 0.3 is 0 Å². The SMILES string of the molecule is Cc1nc2c(C(=O)NC[C@H]3[C@@H]4CNC[C@@H](C4)[C@@H]4CCCC(=O)N43)ccnc2n1C. The minimum atomic E-state index is -0.151. The van der Waals surface area contributed by atoms with Gasteiger partial charge < -0.3 is 20.1 Å². The number of aromatic nitrogens is 3. The number of hydrogen-bond donors (Lipinski definition) is 2. The van der Waals surface area contributed by atoms with Crippen molar-refractivity contribution >= 4 is 23.0 Å². The van der Waals surface area contributed by atoms with Crippen LogP contribution in [-0.2, 0) is 11.8 Å². The summed E-state index contributed by atoms with van der Waals surface area (Å²) >= 11 is 0. The molecular formula is C21H28N6O2. The summed E-state index contributed by atoms with van der Waals surface area (Å²) in [6.07, 6.45) is 5.48. The molecule has 2 amide bonds. The lowest BCUT2D eigenvalue weighted by Crippen LogP contribution is -2.66. The second-order valence-electron chi connectivity index (χ2n) is 8.70. The van der Waals surface area contributed by atoms with Crippen LogP contribution in [0.4, 0.5) is 0 Å². The first-order valence-electron chi connectivity index (χ1n) is 10.6. The molecular weight excluding hydrogens is 368 g/mol. The molecule has 0 radical (unpaired) electrons. The highest BCUT2D eigenvalue weighted by atomic mass is 16.2. The molecule has 0 spiro atoms. The van der Waals surface area contributed by atoms with Gasteiger partial charge in [-0.2, -0.15) is 0 Å². The van der Waals surface area contributed by atoms with Gasteiger partial charge in [0.15, 0.2) is 5.65 Å². The van der Waals surface area contributed by atoms with Gasteiger partial charge in [-0.1, -0.05) is 0 Å². The molecule has 5 heterocycles. The molecule has 3 fully saturated rings. The molecule has 0 aliphatic carbocycles. The van der Waals surface area contributed by atoms with Crippen molar-refractivity contribution < 1.29 is 9.59 Å². The number of nitrogens with zero attached hydrogens (tertiary/aromatic N) is 4. The van der Waals surface area contributed by atoms with Gasteiger partial charge in [0.25, 0.3) is 5.91 Å². The zero-order valence-corrected chi connectivity index (χ0v) is 17.0. The molecule has 8 nitrogen and oxygen atoms in total. The number of carbonyl (C=O) groups excluding carboxylic acids is 2. The molecule has 2 aromatic rings. The van der Waals surface area contributed by atoms with Crippen LogP contribution in [0.3, 0.4) is 0 Å². The van der Waals surface area contributed by atoms with Crippen molar-refractivity contribution in [1.82, 2.24) is 30.1 Å². The summed E-state index contributed by atoms with van der Waals surface area (Å²) in [6, 6.07) is 2.09. The van der Waals surface area contributed by atoms with Crippen LogP contribution < -0.4 is 10.6 Å². The molecule has 29 heavy (non-hydrogen) atoms. The average Bonchev–Trinajstić information content (AvgIpc) is 3.02. The summed E-state index contributed by atoms with van der Waals surface area (Å²) < 4.78 is 1.89. The fourth-order valence-electron chi connectivity index (χ4n) is 5.56. The number of fused-ring (bicyclic) bond motifs is 5. The van der Waals surface area contributed by atoms with Gasteiger partial charge in [-0.3, -0.25) is 9.59 Å². The van der Waals surface area contributed by atoms with E-state index in [1.54, 1.807) is 12.3 Å². The van der Waals surface area contributed by atoms with E-state index >= 15 is 0 Å². The summed E-state index contributed by atoms with van der Waals surface area (Å²) in [5.41, 5.74) is 1.87. The highest BCUT2D eigenvalue weighted by molar-refractivity contribution is 6.04. The van der Waals surface area contributed by atoms with Crippen LogP contribution in [0, 0.1) is 18.8 Å². The summed E-state index contributed by atoms with van der Waals surface area (Å²) in [5.74, 6) is 1.86. The maximum atomic E-state index is 13.0. The quantitative estimate of drug-likeness (QED) is 0.807. The number of piperidine rings is 3. The molecule has 0 saturated carbocycles. The number of hydrogen-bond acceptors (Lipinski definition) is 5. The Morgan fingerprint density at radius 1 is 1.34 bits per heavy atom. The summed E-state index contributed by atoms with van der Waals surface area (Å²) in [6.45, 7) is 4.29. The Kier molecular flexibility index (Phi) is 4.53. The van der Waals surface area contributed by atoms with Crippen LogP contribution in [0.2, 0.25) is 0 Å². The van der Waals surface area contributed by atoms with Crippen molar-refractivity contribution in [1.29, 1.82) is 0 Å². The molecule has 154 valence electrons. The zero-order chi connectivity index (χ0) is 20.1. The molecule has 2 N–H and O–H groups in total. The lowest BCUT2D eigenvalue weighted by molar-refractivity contribution is -0.148. The van der Waals surface area contributed by atoms with Crippen LogP contribution in [0.1, 0.15) is 41.9 Å². The second-order valence-corrected chi connectivity index (χ2v) is 8.70. The van der Waals surface area contributed by atoms with Crippen LogP contribution in [-0.4, -0.2) is 63.0 Å². The van der Waals surface area contributed by atoms with Crippen LogP contribution in [0.25, 0.3) is 11.2 Å². The predicted octanol–water partition coefficient (Wildman–Crippen LogP) is 0.996. The number of rotatable bonds is 3. The first kappa shape index (κ1) is 18.5. The van der Waals surface area contributed by atoms with Crippen molar-refractivity contribution in [3.05, 3.63) is 23.7 Å². The molecule has 2 bridgehead atoms. The monoisotopic (exact) mass is 396 g/mol. The number of amides is 2. The van der Waals surface area contributed by atoms with Gasteiger partial charge in [-0.25, -0.2) is 9.97 Å². The number of pyridine rings is 1. The van der Waals surface area contributed by atoms with E-state index in [4.69, 9.17) is 0 Å². The maximum Gasteiger partial charge on any atom is 0.253 e. The van der Waals surface area contributed by atoms with E-state index in [-0.39, 0.29) is 17.9 Å². The second kappa shape index (κ2) is 7.09. The number of carbonyl (C=O) groups is 2. The third-order valence-electron chi connectivity index (χ3n) is 7.10. The largest absolute Gasteiger partial charge is 0.350 e. The van der Waals surface area contributed by atoms with Gasteiger partial charge in [0, 0.05) is 38.8 Å². The smallest absolute Gasteiger partial charge is 0.253 e. The Morgan fingerprint density at radius 2 is 2.17 bits per heavy atom. The van der Waals surface area contributed by atoms with Gasteiger partial charge in [0.05, 0.1) is 11.6 Å². The minimum absolute atomic E-state index is 0.0589. The third-order valence-corrected chi connectivity index (χ3v) is 7.10. The van der Waals surface area contributed by atoms with Crippen molar-refractivity contribution in [2.75, 3.05) is 19.6 Å². The molecule has 4 atom stereocenters. The Bertz CT molecular complexity index is 969. The topological polar surface area (TPSA) is 92.2 Å². The van der Waals surface area contributed by atoms with Crippen LogP contribution >= 0.6 is 0 Å². The Morgan fingerprint density at radius 3 is 3.03 bits per heavy atom. The molecule has 2 aromatic heterocycles. The minimum Gasteiger partial charge on any atom is -0.350 e. The number of nitrogens with one attached hydrogen (secondary N) is 2. The molecule has 0 unspecified atom stereocenters. The highest BCUT2D eigenvalue weighted by Gasteiger charge is 2.47. The van der Waals surface area contributed by atoms with Gasteiger partial charge in [-0.05, 0) is 50.6 Å². The van der Waals surface area contributed by atoms with E-state index in [0.717, 1.165) is 38.2 Å². The fourth-order valence-corrected chi connectivity index (χ4v) is 5.56. The molecule has 3 saturated heterocycles. The molecule has 0 aromatic carbocycles.